The normalized spacial score (nSPS) is 30.4. The molecule has 0 bridgehead atoms. The summed E-state index contributed by atoms with van der Waals surface area (Å²) in [7, 11) is 0. The zero-order valence-corrected chi connectivity index (χ0v) is 24.7. The summed E-state index contributed by atoms with van der Waals surface area (Å²) < 4.78 is 43.4. The third-order valence-corrected chi connectivity index (χ3v) is 7.51. The Labute approximate surface area is 250 Å². The van der Waals surface area contributed by atoms with E-state index in [0.717, 1.165) is 11.1 Å². The molecule has 0 amide bonds. The molecule has 0 aromatic heterocycles. The van der Waals surface area contributed by atoms with Gasteiger partial charge in [-0.25, -0.2) is 0 Å². The van der Waals surface area contributed by atoms with E-state index >= 15 is 0 Å². The Bertz CT molecular complexity index is 1140. The molecule has 226 valence electrons. The van der Waals surface area contributed by atoms with Crippen LogP contribution < -0.4 is 0 Å². The second-order valence-electron chi connectivity index (χ2n) is 11.4. The summed E-state index contributed by atoms with van der Waals surface area (Å²) in [5.41, 5.74) is 2.24. The fraction of sp³-hybridized carbons (Fsp3) is 0.486. The molecule has 0 N–H and O–H groups in total. The van der Waals surface area contributed by atoms with Gasteiger partial charge in [0.15, 0.2) is 5.79 Å². The molecule has 0 aliphatic carbocycles. The lowest BCUT2D eigenvalue weighted by Crippen LogP contribution is -2.44. The summed E-state index contributed by atoms with van der Waals surface area (Å²) in [5, 5.41) is 0. The van der Waals surface area contributed by atoms with Gasteiger partial charge >= 0.3 is 0 Å². The lowest BCUT2D eigenvalue weighted by Gasteiger charge is -2.35. The van der Waals surface area contributed by atoms with Gasteiger partial charge in [0.25, 0.3) is 0 Å². The molecule has 2 aromatic carbocycles. The Kier molecular flexibility index (Phi) is 11.2. The number of ether oxygens (including phenoxy) is 7. The van der Waals surface area contributed by atoms with Crippen LogP contribution in [-0.4, -0.2) is 68.3 Å². The minimum absolute atomic E-state index is 0.00626. The Morgan fingerprint density at radius 3 is 2.33 bits per heavy atom. The van der Waals surface area contributed by atoms with Crippen molar-refractivity contribution in [1.29, 1.82) is 0 Å². The van der Waals surface area contributed by atoms with Gasteiger partial charge < -0.3 is 33.2 Å². The van der Waals surface area contributed by atoms with E-state index in [0.29, 0.717) is 45.9 Å². The minimum Gasteiger partial charge on any atom is -0.374 e. The highest BCUT2D eigenvalue weighted by Gasteiger charge is 2.38. The molecule has 2 saturated heterocycles. The lowest BCUT2D eigenvalue weighted by atomic mass is 10.0. The van der Waals surface area contributed by atoms with Gasteiger partial charge in [0.1, 0.15) is 30.5 Å². The van der Waals surface area contributed by atoms with E-state index < -0.39 is 5.79 Å². The van der Waals surface area contributed by atoms with Crippen molar-refractivity contribution in [2.75, 3.05) is 19.8 Å². The first-order valence-corrected chi connectivity index (χ1v) is 15.0. The van der Waals surface area contributed by atoms with Crippen LogP contribution in [0, 0.1) is 0 Å². The molecule has 0 spiro atoms. The smallest absolute Gasteiger partial charge is 0.163 e. The van der Waals surface area contributed by atoms with E-state index in [9.17, 15) is 0 Å². The highest BCUT2D eigenvalue weighted by molar-refractivity contribution is 5.14. The molecule has 2 fully saturated rings. The number of benzene rings is 2. The van der Waals surface area contributed by atoms with Crippen LogP contribution in [0.15, 0.2) is 97.6 Å². The Morgan fingerprint density at radius 1 is 0.976 bits per heavy atom. The Hall–Kier alpha value is -2.62. The van der Waals surface area contributed by atoms with E-state index in [2.05, 4.69) is 43.0 Å². The first-order valence-electron chi connectivity index (χ1n) is 15.0. The van der Waals surface area contributed by atoms with Crippen molar-refractivity contribution in [2.24, 2.45) is 0 Å². The maximum Gasteiger partial charge on any atom is 0.163 e. The van der Waals surface area contributed by atoms with Crippen LogP contribution in [0.25, 0.3) is 0 Å². The van der Waals surface area contributed by atoms with Crippen LogP contribution in [0.3, 0.4) is 0 Å². The quantitative estimate of drug-likeness (QED) is 0.204. The van der Waals surface area contributed by atoms with Gasteiger partial charge in [-0.05, 0) is 37.8 Å². The lowest BCUT2D eigenvalue weighted by molar-refractivity contribution is -0.164. The molecule has 7 heteroatoms. The van der Waals surface area contributed by atoms with Gasteiger partial charge in [-0.1, -0.05) is 91.0 Å². The minimum atomic E-state index is -0.580. The monoisotopic (exact) mass is 576 g/mol. The summed E-state index contributed by atoms with van der Waals surface area (Å²) in [6.45, 7) is 10.4. The van der Waals surface area contributed by atoms with Crippen LogP contribution in [-0.2, 0) is 46.4 Å². The van der Waals surface area contributed by atoms with Crippen molar-refractivity contribution >= 4 is 0 Å². The fourth-order valence-corrected chi connectivity index (χ4v) is 5.19. The largest absolute Gasteiger partial charge is 0.374 e. The maximum atomic E-state index is 6.78. The molecule has 2 aromatic rings. The summed E-state index contributed by atoms with van der Waals surface area (Å²) in [5.74, 6) is -0.580. The molecule has 3 heterocycles. The average Bonchev–Trinajstić information content (AvgIpc) is 3.77. The first-order chi connectivity index (χ1) is 20.5. The van der Waals surface area contributed by atoms with Gasteiger partial charge in [0, 0.05) is 0 Å². The summed E-state index contributed by atoms with van der Waals surface area (Å²) >= 11 is 0. The molecule has 42 heavy (non-hydrogen) atoms. The SMILES string of the molecule is C=CC[C@H]1O[C@@H](COCc2ccccc2)[C@H](OCc2ccccc2)C/C=C\[C@@H]1O[C@H](C=C[C@H]1COC(C)(C)O1)[C@@H]1CO1. The molecule has 5 rings (SSSR count). The fourth-order valence-electron chi connectivity index (χ4n) is 5.19. The zero-order valence-electron chi connectivity index (χ0n) is 24.7. The number of rotatable bonds is 14. The van der Waals surface area contributed by atoms with Crippen molar-refractivity contribution in [3.05, 3.63) is 109 Å². The third-order valence-electron chi connectivity index (χ3n) is 7.51. The average molecular weight is 577 g/mol. The molecule has 3 aliphatic heterocycles. The second-order valence-corrected chi connectivity index (χ2v) is 11.4. The number of hydrogen-bond acceptors (Lipinski definition) is 7. The predicted octanol–water partition coefficient (Wildman–Crippen LogP) is 5.94. The molecule has 7 nitrogen and oxygen atoms in total. The van der Waals surface area contributed by atoms with Crippen LogP contribution in [0.5, 0.6) is 0 Å². The maximum absolute atomic E-state index is 6.78. The molecule has 0 saturated carbocycles. The van der Waals surface area contributed by atoms with Gasteiger partial charge in [0.2, 0.25) is 0 Å². The molecule has 0 unspecified atom stereocenters. The van der Waals surface area contributed by atoms with E-state index in [1.54, 1.807) is 0 Å². The molecular weight excluding hydrogens is 532 g/mol. The van der Waals surface area contributed by atoms with Crippen LogP contribution in [0.1, 0.15) is 37.8 Å². The number of hydrogen-bond donors (Lipinski definition) is 0. The Balaban J connectivity index is 1.28. The van der Waals surface area contributed by atoms with E-state index in [-0.39, 0.29) is 42.7 Å². The summed E-state index contributed by atoms with van der Waals surface area (Å²) in [6.07, 6.45) is 10.1. The summed E-state index contributed by atoms with van der Waals surface area (Å²) in [6, 6.07) is 20.4. The van der Waals surface area contributed by atoms with Gasteiger partial charge in [-0.15, -0.1) is 6.58 Å². The van der Waals surface area contributed by atoms with Gasteiger partial charge in [-0.3, -0.25) is 0 Å². The predicted molar refractivity (Wildman–Crippen MR) is 161 cm³/mol. The molecule has 7 atom stereocenters. The van der Waals surface area contributed by atoms with E-state index in [1.807, 2.05) is 68.5 Å². The molecular formula is C35H44O7. The first kappa shape index (κ1) is 30.8. The van der Waals surface area contributed by atoms with Crippen LogP contribution in [0.2, 0.25) is 0 Å². The molecule has 3 aliphatic rings. The topological polar surface area (TPSA) is 67.9 Å². The second kappa shape index (κ2) is 15.2. The standard InChI is InChI=1S/C35H44O7/c1-4-12-30-31(40-32(33-25-38-33)20-19-28-23-39-35(2,3)42-28)18-11-17-29(37-22-27-15-9-6-10-16-27)34(41-30)24-36-21-26-13-7-5-8-14-26/h4-11,13-16,18-20,28-34H,1,12,17,21-25H2,2-3H3/b18-11-,20-19?/t28-,29+,30+,31-,32+,33-,34-/m0/s1. The van der Waals surface area contributed by atoms with Gasteiger partial charge in [0.05, 0.1) is 45.2 Å². The highest BCUT2D eigenvalue weighted by Crippen LogP contribution is 2.28. The van der Waals surface area contributed by atoms with Crippen molar-refractivity contribution < 1.29 is 33.2 Å². The van der Waals surface area contributed by atoms with Crippen LogP contribution >= 0.6 is 0 Å². The Morgan fingerprint density at radius 2 is 1.69 bits per heavy atom. The number of epoxide rings is 1. The van der Waals surface area contributed by atoms with Crippen molar-refractivity contribution in [2.45, 2.75) is 88.4 Å². The molecule has 0 radical (unpaired) electrons. The van der Waals surface area contributed by atoms with Crippen molar-refractivity contribution in [3.63, 3.8) is 0 Å². The summed E-state index contributed by atoms with van der Waals surface area (Å²) in [4.78, 5) is 0. The third kappa shape index (κ3) is 9.44. The zero-order chi connectivity index (χ0) is 29.2. The van der Waals surface area contributed by atoms with Crippen LogP contribution in [0.4, 0.5) is 0 Å². The van der Waals surface area contributed by atoms with Crippen molar-refractivity contribution in [1.82, 2.24) is 0 Å². The van der Waals surface area contributed by atoms with E-state index in [1.165, 1.54) is 0 Å². The van der Waals surface area contributed by atoms with Gasteiger partial charge in [-0.2, -0.15) is 0 Å². The van der Waals surface area contributed by atoms with E-state index in [4.69, 9.17) is 33.2 Å². The highest BCUT2D eigenvalue weighted by atomic mass is 16.7. The van der Waals surface area contributed by atoms with Crippen molar-refractivity contribution in [3.8, 4) is 0 Å².